The van der Waals surface area contributed by atoms with Crippen LogP contribution in [0.25, 0.3) is 0 Å². The molecule has 0 unspecified atom stereocenters. The summed E-state index contributed by atoms with van der Waals surface area (Å²) in [4.78, 5) is 33.4. The van der Waals surface area contributed by atoms with E-state index in [1.54, 1.807) is 13.8 Å². The zero-order valence-corrected chi connectivity index (χ0v) is 8.81. The van der Waals surface area contributed by atoms with Gasteiger partial charge in [-0.1, -0.05) is 13.8 Å². The smallest absolute Gasteiger partial charge is 0.302 e. The first-order valence-electron chi connectivity index (χ1n) is 4.73. The predicted octanol–water partition coefficient (Wildman–Crippen LogP) is -0.0472. The lowest BCUT2D eigenvalue weighted by molar-refractivity contribution is 0.0930. The maximum atomic E-state index is 11.6. The van der Waals surface area contributed by atoms with Crippen LogP contribution >= 0.6 is 0 Å². The van der Waals surface area contributed by atoms with Crippen molar-refractivity contribution < 1.29 is 9.59 Å². The van der Waals surface area contributed by atoms with E-state index in [4.69, 9.17) is 5.73 Å². The van der Waals surface area contributed by atoms with Crippen LogP contribution in [0.1, 0.15) is 35.0 Å². The highest BCUT2D eigenvalue weighted by atomic mass is 16.2. The monoisotopic (exact) mass is 220 g/mol. The Hall–Kier alpha value is -2.18. The van der Waals surface area contributed by atoms with Crippen molar-refractivity contribution in [3.63, 3.8) is 0 Å². The van der Waals surface area contributed by atoms with E-state index in [2.05, 4.69) is 20.3 Å². The number of aliphatic imine (C=N–C) groups is 1. The van der Waals surface area contributed by atoms with Gasteiger partial charge in [-0.3, -0.25) is 9.59 Å². The topological polar surface area (TPSA) is 115 Å². The third-order valence-electron chi connectivity index (χ3n) is 2.09. The van der Waals surface area contributed by atoms with Crippen molar-refractivity contribution >= 4 is 23.5 Å². The summed E-state index contributed by atoms with van der Waals surface area (Å²) >= 11 is 0. The standard InChI is InChI=1S/C9H10N5O2/c1-3(2)5(15)7-11-4-6(12-7)13-9(10)14-8(4)16/h3H,1-2H3,(H2,10,13)(H,11,12). The molecule has 16 heavy (non-hydrogen) atoms. The highest BCUT2D eigenvalue weighted by Crippen LogP contribution is 2.20. The number of aromatic amines is 1. The number of hydrogen-bond donors (Lipinski definition) is 2. The fourth-order valence-corrected chi connectivity index (χ4v) is 1.28. The summed E-state index contributed by atoms with van der Waals surface area (Å²) in [6.45, 7) is 3.49. The van der Waals surface area contributed by atoms with Gasteiger partial charge in [0, 0.05) is 5.92 Å². The normalized spacial score (nSPS) is 14.4. The van der Waals surface area contributed by atoms with Gasteiger partial charge in [-0.25, -0.2) is 4.98 Å². The highest BCUT2D eigenvalue weighted by molar-refractivity contribution is 6.10. The summed E-state index contributed by atoms with van der Waals surface area (Å²) in [6.07, 6.45) is 0. The highest BCUT2D eigenvalue weighted by Gasteiger charge is 2.26. The summed E-state index contributed by atoms with van der Waals surface area (Å²) in [5.41, 5.74) is 5.35. The van der Waals surface area contributed by atoms with E-state index in [0.717, 1.165) is 0 Å². The Morgan fingerprint density at radius 3 is 2.75 bits per heavy atom. The lowest BCUT2D eigenvalue weighted by Gasteiger charge is -2.03. The largest absolute Gasteiger partial charge is 0.368 e. The number of ketones is 1. The van der Waals surface area contributed by atoms with E-state index in [-0.39, 0.29) is 35.0 Å². The Balaban J connectivity index is 2.45. The Labute approximate surface area is 91.2 Å². The molecule has 1 aromatic heterocycles. The molecule has 1 amide bonds. The van der Waals surface area contributed by atoms with Crippen LogP contribution < -0.4 is 11.1 Å². The SMILES string of the molecule is CC(C)C(=O)c1nc2c([nH]1)N=C(N)[N]C2=O. The summed E-state index contributed by atoms with van der Waals surface area (Å²) in [6, 6.07) is 0. The zero-order chi connectivity index (χ0) is 11.9. The molecule has 1 aliphatic heterocycles. The van der Waals surface area contributed by atoms with Crippen LogP contribution in [0.5, 0.6) is 0 Å². The van der Waals surface area contributed by atoms with Crippen LogP contribution in [-0.4, -0.2) is 27.6 Å². The number of hydrogen-bond acceptors (Lipinski definition) is 5. The Morgan fingerprint density at radius 1 is 1.44 bits per heavy atom. The minimum atomic E-state index is -0.582. The van der Waals surface area contributed by atoms with E-state index in [1.807, 2.05) is 0 Å². The summed E-state index contributed by atoms with van der Waals surface area (Å²) in [7, 11) is 0. The number of carbonyl (C=O) groups is 2. The Morgan fingerprint density at radius 2 is 2.12 bits per heavy atom. The van der Waals surface area contributed by atoms with Crippen molar-refractivity contribution in [1.82, 2.24) is 15.3 Å². The van der Waals surface area contributed by atoms with Crippen molar-refractivity contribution in [2.45, 2.75) is 13.8 Å². The van der Waals surface area contributed by atoms with Crippen LogP contribution in [0, 0.1) is 5.92 Å². The summed E-state index contributed by atoms with van der Waals surface area (Å²) in [5, 5.41) is 3.44. The Bertz CT molecular complexity index is 500. The number of fused-ring (bicyclic) bond motifs is 1. The van der Waals surface area contributed by atoms with Gasteiger partial charge in [-0.05, 0) is 0 Å². The molecule has 0 fully saturated rings. The lowest BCUT2D eigenvalue weighted by atomic mass is 10.1. The van der Waals surface area contributed by atoms with E-state index in [1.165, 1.54) is 0 Å². The molecule has 83 valence electrons. The lowest BCUT2D eigenvalue weighted by Crippen LogP contribution is -2.32. The van der Waals surface area contributed by atoms with Crippen molar-refractivity contribution in [2.75, 3.05) is 0 Å². The first kappa shape index (κ1) is 10.3. The van der Waals surface area contributed by atoms with E-state index >= 15 is 0 Å². The van der Waals surface area contributed by atoms with Crippen LogP contribution in [0.3, 0.4) is 0 Å². The van der Waals surface area contributed by atoms with E-state index < -0.39 is 5.91 Å². The second-order valence-electron chi connectivity index (χ2n) is 3.69. The second-order valence-corrected chi connectivity index (χ2v) is 3.69. The number of nitrogens with two attached hydrogens (primary N) is 1. The fourth-order valence-electron chi connectivity index (χ4n) is 1.28. The quantitative estimate of drug-likeness (QED) is 0.680. The number of nitrogens with one attached hydrogen (secondary N) is 1. The molecule has 0 aromatic carbocycles. The molecular weight excluding hydrogens is 210 g/mol. The first-order chi connectivity index (χ1) is 7.49. The minimum Gasteiger partial charge on any atom is -0.368 e. The van der Waals surface area contributed by atoms with Gasteiger partial charge in [0.2, 0.25) is 11.7 Å². The molecule has 7 nitrogen and oxygen atoms in total. The molecule has 0 saturated carbocycles. The molecule has 0 atom stereocenters. The third kappa shape index (κ3) is 1.56. The number of nitrogens with zero attached hydrogens (tertiary/aromatic N) is 3. The molecule has 1 aromatic rings. The van der Waals surface area contributed by atoms with Gasteiger partial charge in [0.25, 0.3) is 0 Å². The molecular formula is C9H10N5O2. The van der Waals surface area contributed by atoms with Crippen LogP contribution in [-0.2, 0) is 0 Å². The van der Waals surface area contributed by atoms with Gasteiger partial charge in [-0.15, -0.1) is 0 Å². The minimum absolute atomic E-state index is 0.0400. The van der Waals surface area contributed by atoms with Crippen molar-refractivity contribution in [1.29, 1.82) is 0 Å². The molecule has 0 saturated heterocycles. The van der Waals surface area contributed by atoms with Crippen molar-refractivity contribution in [2.24, 2.45) is 16.6 Å². The maximum absolute atomic E-state index is 11.6. The summed E-state index contributed by atoms with van der Waals surface area (Å²) < 4.78 is 0. The van der Waals surface area contributed by atoms with Gasteiger partial charge < -0.3 is 10.7 Å². The molecule has 7 heteroatoms. The van der Waals surface area contributed by atoms with Crippen molar-refractivity contribution in [3.8, 4) is 0 Å². The van der Waals surface area contributed by atoms with E-state index in [9.17, 15) is 9.59 Å². The van der Waals surface area contributed by atoms with E-state index in [0.29, 0.717) is 0 Å². The number of guanidine groups is 1. The van der Waals surface area contributed by atoms with Gasteiger partial charge in [-0.2, -0.15) is 10.3 Å². The number of H-pyrrole nitrogens is 1. The van der Waals surface area contributed by atoms with Gasteiger partial charge >= 0.3 is 5.91 Å². The number of imidazole rings is 1. The zero-order valence-electron chi connectivity index (χ0n) is 8.81. The van der Waals surface area contributed by atoms with Crippen LogP contribution in [0.15, 0.2) is 4.99 Å². The Kier molecular flexibility index (Phi) is 2.22. The third-order valence-corrected chi connectivity index (χ3v) is 2.09. The predicted molar refractivity (Wildman–Crippen MR) is 55.5 cm³/mol. The molecule has 0 spiro atoms. The molecule has 2 rings (SSSR count). The number of amides is 1. The number of aromatic nitrogens is 2. The molecule has 2 heterocycles. The molecule has 0 aliphatic carbocycles. The number of carbonyl (C=O) groups excluding carboxylic acids is 2. The summed E-state index contributed by atoms with van der Waals surface area (Å²) in [5.74, 6) is -0.799. The van der Waals surface area contributed by atoms with Crippen molar-refractivity contribution in [3.05, 3.63) is 11.5 Å². The molecule has 3 N–H and O–H groups in total. The fraction of sp³-hybridized carbons (Fsp3) is 0.333. The van der Waals surface area contributed by atoms with Gasteiger partial charge in [0.15, 0.2) is 17.3 Å². The second kappa shape index (κ2) is 3.44. The first-order valence-corrected chi connectivity index (χ1v) is 4.73. The van der Waals surface area contributed by atoms with Crippen LogP contribution in [0.2, 0.25) is 0 Å². The molecule has 1 radical (unpaired) electrons. The average molecular weight is 220 g/mol. The molecule has 1 aliphatic rings. The maximum Gasteiger partial charge on any atom is 0.302 e. The number of Topliss-reactive ketones (excluding diaryl/α,β-unsaturated/α-hetero) is 1. The van der Waals surface area contributed by atoms with Gasteiger partial charge in [0.1, 0.15) is 0 Å². The van der Waals surface area contributed by atoms with Gasteiger partial charge in [0.05, 0.1) is 0 Å². The number of rotatable bonds is 2. The average Bonchev–Trinajstić information content (AvgIpc) is 2.60. The molecule has 0 bridgehead atoms. The van der Waals surface area contributed by atoms with Crippen LogP contribution in [0.4, 0.5) is 5.82 Å².